The first-order chi connectivity index (χ1) is 14.9. The van der Waals surface area contributed by atoms with Crippen molar-refractivity contribution in [1.82, 2.24) is 4.98 Å². The lowest BCUT2D eigenvalue weighted by atomic mass is 9.88. The number of aryl methyl sites for hydroxylation is 1. The molecule has 0 saturated heterocycles. The van der Waals surface area contributed by atoms with E-state index >= 15 is 0 Å². The minimum absolute atomic E-state index is 0.126. The van der Waals surface area contributed by atoms with Crippen LogP contribution in [0.15, 0.2) is 48.7 Å². The van der Waals surface area contributed by atoms with Crippen LogP contribution in [0.5, 0.6) is 0 Å². The van der Waals surface area contributed by atoms with Crippen LogP contribution < -0.4 is 0 Å². The summed E-state index contributed by atoms with van der Waals surface area (Å²) in [7, 11) is 0. The highest BCUT2D eigenvalue weighted by Gasteiger charge is 2.30. The van der Waals surface area contributed by atoms with Crippen molar-refractivity contribution in [2.24, 2.45) is 5.41 Å². The van der Waals surface area contributed by atoms with Crippen LogP contribution in [0.2, 0.25) is 5.02 Å². The molecule has 0 aliphatic rings. The number of fused-ring (bicyclic) bond motifs is 1. The zero-order valence-corrected chi connectivity index (χ0v) is 20.7. The van der Waals surface area contributed by atoms with Crippen molar-refractivity contribution < 1.29 is 14.3 Å². The molecular formula is C27H32ClNO3. The molecule has 1 atom stereocenters. The maximum atomic E-state index is 12.6. The average Bonchev–Trinajstić information content (AvgIpc) is 2.69. The summed E-state index contributed by atoms with van der Waals surface area (Å²) in [6, 6.07) is 13.8. The fourth-order valence-electron chi connectivity index (χ4n) is 3.68. The summed E-state index contributed by atoms with van der Waals surface area (Å²) < 4.78 is 12.2. The molecular weight excluding hydrogens is 422 g/mol. The first-order valence-electron chi connectivity index (χ1n) is 10.9. The molecule has 0 amide bonds. The van der Waals surface area contributed by atoms with Gasteiger partial charge in [-0.05, 0) is 95.0 Å². The van der Waals surface area contributed by atoms with Crippen LogP contribution in [-0.4, -0.2) is 23.2 Å². The van der Waals surface area contributed by atoms with Crippen LogP contribution in [0.3, 0.4) is 0 Å². The number of benzene rings is 2. The van der Waals surface area contributed by atoms with E-state index in [2.05, 4.69) is 17.1 Å². The number of carbonyl (C=O) groups is 1. The van der Waals surface area contributed by atoms with Crippen molar-refractivity contribution in [2.45, 2.75) is 60.2 Å². The number of ether oxygens (including phenoxy) is 2. The first kappa shape index (κ1) is 24.2. The lowest BCUT2D eigenvalue weighted by Gasteiger charge is -2.31. The topological polar surface area (TPSA) is 48.4 Å². The standard InChI is InChI=1S/C27H32ClNO3/c1-17-15-21-20(9-8-14-29-21)24(18-10-12-19(28)13-11-18)23(17)22(32-27(5,6)7)16-31-25(30)26(2,3)4/h8-15,22H,16H2,1-7H3. The number of rotatable bonds is 5. The Hall–Kier alpha value is -2.43. The van der Waals surface area contributed by atoms with Gasteiger partial charge < -0.3 is 9.47 Å². The molecule has 170 valence electrons. The van der Waals surface area contributed by atoms with E-state index in [-0.39, 0.29) is 12.6 Å². The van der Waals surface area contributed by atoms with Crippen molar-refractivity contribution in [3.8, 4) is 11.1 Å². The molecule has 1 aromatic heterocycles. The molecule has 0 radical (unpaired) electrons. The number of pyridine rings is 1. The quantitative estimate of drug-likeness (QED) is 0.380. The van der Waals surface area contributed by atoms with Crippen molar-refractivity contribution in [2.75, 3.05) is 6.61 Å². The van der Waals surface area contributed by atoms with E-state index in [1.54, 1.807) is 6.20 Å². The van der Waals surface area contributed by atoms with Crippen LogP contribution in [0.4, 0.5) is 0 Å². The minimum Gasteiger partial charge on any atom is -0.462 e. The third kappa shape index (κ3) is 5.67. The molecule has 0 fully saturated rings. The largest absolute Gasteiger partial charge is 0.462 e. The van der Waals surface area contributed by atoms with Gasteiger partial charge in [0.05, 0.1) is 16.5 Å². The monoisotopic (exact) mass is 453 g/mol. The Morgan fingerprint density at radius 2 is 1.72 bits per heavy atom. The summed E-state index contributed by atoms with van der Waals surface area (Å²) in [5.41, 5.74) is 3.92. The van der Waals surface area contributed by atoms with Crippen molar-refractivity contribution >= 4 is 28.5 Å². The Bertz CT molecular complexity index is 1110. The van der Waals surface area contributed by atoms with Gasteiger partial charge in [-0.1, -0.05) is 29.8 Å². The SMILES string of the molecule is Cc1cc2ncccc2c(-c2ccc(Cl)cc2)c1C(COC(=O)C(C)(C)C)OC(C)(C)C. The smallest absolute Gasteiger partial charge is 0.311 e. The van der Waals surface area contributed by atoms with E-state index in [9.17, 15) is 4.79 Å². The summed E-state index contributed by atoms with van der Waals surface area (Å²) in [6.45, 7) is 13.7. The molecule has 0 bridgehead atoms. The summed E-state index contributed by atoms with van der Waals surface area (Å²) in [4.78, 5) is 17.1. The van der Waals surface area contributed by atoms with Crippen molar-refractivity contribution in [1.29, 1.82) is 0 Å². The third-order valence-electron chi connectivity index (χ3n) is 5.08. The first-order valence-corrected chi connectivity index (χ1v) is 11.2. The Kier molecular flexibility index (Phi) is 6.97. The van der Waals surface area contributed by atoms with E-state index < -0.39 is 17.1 Å². The fraction of sp³-hybridized carbons (Fsp3) is 0.407. The Morgan fingerprint density at radius 1 is 1.06 bits per heavy atom. The van der Waals surface area contributed by atoms with Crippen molar-refractivity contribution in [3.05, 3.63) is 64.8 Å². The number of hydrogen-bond donors (Lipinski definition) is 0. The Labute approximate surface area is 195 Å². The normalized spacial score (nSPS) is 13.2. The summed E-state index contributed by atoms with van der Waals surface area (Å²) >= 11 is 6.17. The van der Waals surface area contributed by atoms with Gasteiger partial charge in [-0.2, -0.15) is 0 Å². The molecule has 2 aromatic carbocycles. The molecule has 1 heterocycles. The minimum atomic E-state index is -0.590. The fourth-order valence-corrected chi connectivity index (χ4v) is 3.81. The number of aromatic nitrogens is 1. The average molecular weight is 454 g/mol. The van der Waals surface area contributed by atoms with Gasteiger partial charge in [0.2, 0.25) is 0 Å². The van der Waals surface area contributed by atoms with Gasteiger partial charge in [0.1, 0.15) is 12.7 Å². The number of hydrogen-bond acceptors (Lipinski definition) is 4. The number of carbonyl (C=O) groups excluding carboxylic acids is 1. The third-order valence-corrected chi connectivity index (χ3v) is 5.34. The molecule has 0 aliphatic heterocycles. The molecule has 3 rings (SSSR count). The highest BCUT2D eigenvalue weighted by Crippen LogP contribution is 2.40. The molecule has 5 heteroatoms. The van der Waals surface area contributed by atoms with E-state index in [1.165, 1.54) is 0 Å². The van der Waals surface area contributed by atoms with E-state index in [0.29, 0.717) is 5.02 Å². The maximum absolute atomic E-state index is 12.6. The van der Waals surface area contributed by atoms with Crippen LogP contribution in [0.1, 0.15) is 58.8 Å². The van der Waals surface area contributed by atoms with Gasteiger partial charge in [-0.25, -0.2) is 0 Å². The van der Waals surface area contributed by atoms with Crippen LogP contribution in [-0.2, 0) is 14.3 Å². The Balaban J connectivity index is 2.21. The molecule has 0 aliphatic carbocycles. The van der Waals surface area contributed by atoms with Crippen LogP contribution in [0.25, 0.3) is 22.0 Å². The van der Waals surface area contributed by atoms with E-state index in [1.807, 2.05) is 78.8 Å². The summed E-state index contributed by atoms with van der Waals surface area (Å²) in [6.07, 6.45) is 1.35. The van der Waals surface area contributed by atoms with E-state index in [0.717, 1.165) is 33.2 Å². The zero-order chi connectivity index (χ0) is 23.7. The predicted molar refractivity (Wildman–Crippen MR) is 131 cm³/mol. The molecule has 3 aromatic rings. The number of halogens is 1. The second kappa shape index (κ2) is 9.21. The van der Waals surface area contributed by atoms with Gasteiger partial charge >= 0.3 is 5.97 Å². The van der Waals surface area contributed by atoms with Gasteiger partial charge in [-0.15, -0.1) is 0 Å². The molecule has 0 saturated carbocycles. The van der Waals surface area contributed by atoms with E-state index in [4.69, 9.17) is 21.1 Å². The zero-order valence-electron chi connectivity index (χ0n) is 20.0. The molecule has 1 unspecified atom stereocenters. The van der Waals surface area contributed by atoms with Gasteiger partial charge in [0, 0.05) is 16.6 Å². The molecule has 32 heavy (non-hydrogen) atoms. The highest BCUT2D eigenvalue weighted by atomic mass is 35.5. The number of nitrogens with zero attached hydrogens (tertiary/aromatic N) is 1. The van der Waals surface area contributed by atoms with Crippen LogP contribution in [0, 0.1) is 12.3 Å². The lowest BCUT2D eigenvalue weighted by Crippen LogP contribution is -2.30. The van der Waals surface area contributed by atoms with Crippen molar-refractivity contribution in [3.63, 3.8) is 0 Å². The van der Waals surface area contributed by atoms with Gasteiger partial charge in [0.25, 0.3) is 0 Å². The maximum Gasteiger partial charge on any atom is 0.311 e. The number of esters is 1. The molecule has 4 nitrogen and oxygen atoms in total. The second-order valence-electron chi connectivity index (χ2n) is 10.1. The van der Waals surface area contributed by atoms with Gasteiger partial charge in [-0.3, -0.25) is 9.78 Å². The second-order valence-corrected chi connectivity index (χ2v) is 10.6. The summed E-state index contributed by atoms with van der Waals surface area (Å²) in [5, 5.41) is 1.69. The molecule has 0 spiro atoms. The highest BCUT2D eigenvalue weighted by molar-refractivity contribution is 6.30. The summed E-state index contributed by atoms with van der Waals surface area (Å²) in [5.74, 6) is -0.256. The predicted octanol–water partition coefficient (Wildman–Crippen LogP) is 7.31. The molecule has 0 N–H and O–H groups in total. The van der Waals surface area contributed by atoms with Gasteiger partial charge in [0.15, 0.2) is 0 Å². The Morgan fingerprint density at radius 3 is 2.31 bits per heavy atom. The lowest BCUT2D eigenvalue weighted by molar-refractivity contribution is -0.162. The van der Waals surface area contributed by atoms with Crippen LogP contribution >= 0.6 is 11.6 Å².